The standard InChI is InChI=1S/C5H11FO2/c1-4(6)5(7-2)8-3/h4-5H,1-3H3. The fourth-order valence-corrected chi connectivity index (χ4v) is 0.471. The summed E-state index contributed by atoms with van der Waals surface area (Å²) in [4.78, 5) is 0. The molecule has 0 saturated carbocycles. The smallest absolute Gasteiger partial charge is 0.187 e. The van der Waals surface area contributed by atoms with E-state index in [1.807, 2.05) is 0 Å². The number of methoxy groups -OCH3 is 2. The summed E-state index contributed by atoms with van der Waals surface area (Å²) in [5.74, 6) is 0. The van der Waals surface area contributed by atoms with Crippen LogP contribution in [0.15, 0.2) is 0 Å². The van der Waals surface area contributed by atoms with Gasteiger partial charge in [-0.1, -0.05) is 0 Å². The Morgan fingerprint density at radius 1 is 1.25 bits per heavy atom. The molecule has 0 saturated heterocycles. The van der Waals surface area contributed by atoms with E-state index in [2.05, 4.69) is 9.47 Å². The first-order chi connectivity index (χ1) is 3.72. The molecule has 2 nitrogen and oxygen atoms in total. The van der Waals surface area contributed by atoms with Crippen LogP contribution in [0, 0.1) is 0 Å². The fraction of sp³-hybridized carbons (Fsp3) is 1.00. The molecule has 0 spiro atoms. The first-order valence-electron chi connectivity index (χ1n) is 2.42. The maximum atomic E-state index is 12.1. The van der Waals surface area contributed by atoms with E-state index in [4.69, 9.17) is 0 Å². The van der Waals surface area contributed by atoms with E-state index in [0.29, 0.717) is 0 Å². The van der Waals surface area contributed by atoms with Crippen molar-refractivity contribution < 1.29 is 13.9 Å². The molecule has 1 unspecified atom stereocenters. The summed E-state index contributed by atoms with van der Waals surface area (Å²) in [6.45, 7) is 1.39. The van der Waals surface area contributed by atoms with Crippen LogP contribution in [0.2, 0.25) is 0 Å². The molecular formula is C5H11FO2. The quantitative estimate of drug-likeness (QED) is 0.519. The minimum Gasteiger partial charge on any atom is -0.353 e. The Balaban J connectivity index is 3.35. The van der Waals surface area contributed by atoms with Gasteiger partial charge in [0.15, 0.2) is 6.29 Å². The van der Waals surface area contributed by atoms with Crippen LogP contribution in [0.5, 0.6) is 0 Å². The van der Waals surface area contributed by atoms with Gasteiger partial charge in [0.25, 0.3) is 0 Å². The highest BCUT2D eigenvalue weighted by molar-refractivity contribution is 4.49. The van der Waals surface area contributed by atoms with Crippen molar-refractivity contribution >= 4 is 0 Å². The SMILES string of the molecule is COC(OC)C(C)F. The second-order valence-electron chi connectivity index (χ2n) is 1.52. The molecule has 0 radical (unpaired) electrons. The largest absolute Gasteiger partial charge is 0.353 e. The normalized spacial score (nSPS) is 14.6. The van der Waals surface area contributed by atoms with Gasteiger partial charge in [0.2, 0.25) is 0 Å². The topological polar surface area (TPSA) is 18.5 Å². The molecule has 0 amide bonds. The number of halogens is 1. The van der Waals surface area contributed by atoms with Gasteiger partial charge in [-0.2, -0.15) is 0 Å². The second-order valence-corrected chi connectivity index (χ2v) is 1.52. The molecule has 8 heavy (non-hydrogen) atoms. The van der Waals surface area contributed by atoms with Gasteiger partial charge in [0.1, 0.15) is 6.17 Å². The summed E-state index contributed by atoms with van der Waals surface area (Å²) in [5.41, 5.74) is 0. The Bertz CT molecular complexity index is 52.4. The fourth-order valence-electron chi connectivity index (χ4n) is 0.471. The molecule has 50 valence electrons. The minimum atomic E-state index is -1.06. The molecule has 0 aromatic rings. The summed E-state index contributed by atoms with van der Waals surface area (Å²) in [5, 5.41) is 0. The molecule has 0 aliphatic heterocycles. The van der Waals surface area contributed by atoms with Gasteiger partial charge in [0.05, 0.1) is 0 Å². The van der Waals surface area contributed by atoms with Gasteiger partial charge >= 0.3 is 0 Å². The molecule has 0 aliphatic rings. The van der Waals surface area contributed by atoms with E-state index in [1.165, 1.54) is 21.1 Å². The van der Waals surface area contributed by atoms with Gasteiger partial charge in [-0.15, -0.1) is 0 Å². The van der Waals surface area contributed by atoms with Gasteiger partial charge < -0.3 is 9.47 Å². The molecular weight excluding hydrogens is 111 g/mol. The molecule has 0 rings (SSSR count). The van der Waals surface area contributed by atoms with E-state index < -0.39 is 12.5 Å². The third kappa shape index (κ3) is 2.23. The predicted octanol–water partition coefficient (Wildman–Crippen LogP) is 0.963. The zero-order valence-corrected chi connectivity index (χ0v) is 5.35. The molecule has 0 heterocycles. The Morgan fingerprint density at radius 2 is 1.62 bits per heavy atom. The first-order valence-corrected chi connectivity index (χ1v) is 2.42. The number of rotatable bonds is 3. The summed E-state index contributed by atoms with van der Waals surface area (Å²) in [7, 11) is 2.81. The maximum Gasteiger partial charge on any atom is 0.187 e. The van der Waals surface area contributed by atoms with Gasteiger partial charge in [-0.25, -0.2) is 4.39 Å². The average Bonchev–Trinajstić information content (AvgIpc) is 1.69. The van der Waals surface area contributed by atoms with Crippen LogP contribution in [0.25, 0.3) is 0 Å². The zero-order valence-electron chi connectivity index (χ0n) is 5.35. The van der Waals surface area contributed by atoms with Gasteiger partial charge in [-0.05, 0) is 6.92 Å². The van der Waals surface area contributed by atoms with E-state index in [0.717, 1.165) is 0 Å². The van der Waals surface area contributed by atoms with Crippen molar-refractivity contribution in [2.75, 3.05) is 14.2 Å². The van der Waals surface area contributed by atoms with Crippen LogP contribution >= 0.6 is 0 Å². The van der Waals surface area contributed by atoms with Crippen molar-refractivity contribution in [2.45, 2.75) is 19.4 Å². The lowest BCUT2D eigenvalue weighted by Gasteiger charge is -2.13. The van der Waals surface area contributed by atoms with Gasteiger partial charge in [-0.3, -0.25) is 0 Å². The number of hydrogen-bond donors (Lipinski definition) is 0. The molecule has 0 fully saturated rings. The van der Waals surface area contributed by atoms with Crippen LogP contribution in [-0.2, 0) is 9.47 Å². The lowest BCUT2D eigenvalue weighted by molar-refractivity contribution is -0.138. The maximum absolute atomic E-state index is 12.1. The Kier molecular flexibility index (Phi) is 3.73. The summed E-state index contributed by atoms with van der Waals surface area (Å²) in [6, 6.07) is 0. The number of alkyl halides is 1. The van der Waals surface area contributed by atoms with E-state index >= 15 is 0 Å². The average molecular weight is 122 g/mol. The highest BCUT2D eigenvalue weighted by atomic mass is 19.1. The van der Waals surface area contributed by atoms with Crippen LogP contribution < -0.4 is 0 Å². The van der Waals surface area contributed by atoms with E-state index in [9.17, 15) is 4.39 Å². The molecule has 3 heteroatoms. The van der Waals surface area contributed by atoms with Crippen molar-refractivity contribution in [3.05, 3.63) is 0 Å². The van der Waals surface area contributed by atoms with Crippen LogP contribution in [-0.4, -0.2) is 26.7 Å². The Morgan fingerprint density at radius 3 is 1.62 bits per heavy atom. The summed E-state index contributed by atoms with van der Waals surface area (Å²) >= 11 is 0. The van der Waals surface area contributed by atoms with Crippen LogP contribution in [0.1, 0.15) is 6.92 Å². The van der Waals surface area contributed by atoms with Crippen molar-refractivity contribution in [1.82, 2.24) is 0 Å². The van der Waals surface area contributed by atoms with Crippen LogP contribution in [0.3, 0.4) is 0 Å². The lowest BCUT2D eigenvalue weighted by Crippen LogP contribution is -2.23. The molecule has 0 aromatic heterocycles. The van der Waals surface area contributed by atoms with Gasteiger partial charge in [0, 0.05) is 14.2 Å². The molecule has 0 bridgehead atoms. The highest BCUT2D eigenvalue weighted by Gasteiger charge is 2.12. The molecule has 0 aromatic carbocycles. The molecule has 1 atom stereocenters. The third-order valence-electron chi connectivity index (χ3n) is 0.840. The van der Waals surface area contributed by atoms with Crippen LogP contribution in [0.4, 0.5) is 4.39 Å². The van der Waals surface area contributed by atoms with E-state index in [-0.39, 0.29) is 0 Å². The minimum absolute atomic E-state index is 0.713. The van der Waals surface area contributed by atoms with Crippen molar-refractivity contribution in [2.24, 2.45) is 0 Å². The summed E-state index contributed by atoms with van der Waals surface area (Å²) in [6.07, 6.45) is -1.78. The van der Waals surface area contributed by atoms with Crippen molar-refractivity contribution in [3.8, 4) is 0 Å². The molecule has 0 aliphatic carbocycles. The lowest BCUT2D eigenvalue weighted by atomic mass is 10.4. The highest BCUT2D eigenvalue weighted by Crippen LogP contribution is 2.00. The van der Waals surface area contributed by atoms with Crippen molar-refractivity contribution in [1.29, 1.82) is 0 Å². The Labute approximate surface area is 48.6 Å². The number of hydrogen-bond acceptors (Lipinski definition) is 2. The predicted molar refractivity (Wildman–Crippen MR) is 28.4 cm³/mol. The third-order valence-corrected chi connectivity index (χ3v) is 0.840. The summed E-state index contributed by atoms with van der Waals surface area (Å²) < 4.78 is 21.2. The molecule has 0 N–H and O–H groups in total. The zero-order chi connectivity index (χ0) is 6.57. The first kappa shape index (κ1) is 7.85. The Hall–Kier alpha value is -0.150. The van der Waals surface area contributed by atoms with E-state index in [1.54, 1.807) is 0 Å². The second kappa shape index (κ2) is 3.80. The monoisotopic (exact) mass is 122 g/mol. The number of ether oxygens (including phenoxy) is 2. The van der Waals surface area contributed by atoms with Crippen molar-refractivity contribution in [3.63, 3.8) is 0 Å².